The summed E-state index contributed by atoms with van der Waals surface area (Å²) in [6.07, 6.45) is 2.45. The molecule has 0 aliphatic rings. The minimum absolute atomic E-state index is 0.102. The molecule has 0 bridgehead atoms. The second kappa shape index (κ2) is 8.02. The number of amides is 1. The summed E-state index contributed by atoms with van der Waals surface area (Å²) in [6.45, 7) is 6.08. The zero-order valence-corrected chi connectivity index (χ0v) is 14.5. The summed E-state index contributed by atoms with van der Waals surface area (Å²) < 4.78 is 0.779. The summed E-state index contributed by atoms with van der Waals surface area (Å²) >= 11 is 1.26. The van der Waals surface area contributed by atoms with Gasteiger partial charge in [0.15, 0.2) is 6.20 Å². The molecule has 122 valence electrons. The van der Waals surface area contributed by atoms with Crippen molar-refractivity contribution in [2.75, 3.05) is 5.32 Å². The molecule has 2 atom stereocenters. The molecule has 0 radical (unpaired) electrons. The Bertz CT molecular complexity index is 676. The van der Waals surface area contributed by atoms with Gasteiger partial charge in [0.1, 0.15) is 0 Å². The number of carbonyl (C=O) groups is 1. The van der Waals surface area contributed by atoms with Crippen LogP contribution in [-0.2, 0) is 4.79 Å². The highest BCUT2D eigenvalue weighted by Crippen LogP contribution is 2.28. The molecule has 1 N–H and O–H groups in total. The van der Waals surface area contributed by atoms with Crippen molar-refractivity contribution in [2.24, 2.45) is 0 Å². The Labute approximate surface area is 141 Å². The average molecular weight is 330 g/mol. The monoisotopic (exact) mass is 330 g/mol. The van der Waals surface area contributed by atoms with Crippen LogP contribution in [0.15, 0.2) is 53.7 Å². The maximum absolute atomic E-state index is 12.4. The smallest absolute Gasteiger partial charge is 0.252 e. The first-order valence-electron chi connectivity index (χ1n) is 7.77. The Balaban J connectivity index is 2.09. The standard InChI is InChI=1S/C18H22N2O2S/c1-4-13(2)15-9-5-6-10-16(15)19-18(21)14(3)23-17-11-7-8-12-20(17)22/h5-14H,4H2,1-3H3,(H,19,21)/t13-,14-/m0/s1. The van der Waals surface area contributed by atoms with Crippen LogP contribution in [0.3, 0.4) is 0 Å². The van der Waals surface area contributed by atoms with Gasteiger partial charge in [-0.2, -0.15) is 4.73 Å². The van der Waals surface area contributed by atoms with Crippen LogP contribution < -0.4 is 10.0 Å². The van der Waals surface area contributed by atoms with Crippen LogP contribution >= 0.6 is 11.8 Å². The number of benzene rings is 1. The maximum atomic E-state index is 12.4. The van der Waals surface area contributed by atoms with Crippen LogP contribution in [0.1, 0.15) is 38.7 Å². The summed E-state index contributed by atoms with van der Waals surface area (Å²) in [5.74, 6) is 0.280. The number of hydrogen-bond donors (Lipinski definition) is 1. The van der Waals surface area contributed by atoms with E-state index in [1.807, 2.05) is 24.3 Å². The third-order valence-electron chi connectivity index (χ3n) is 3.82. The zero-order chi connectivity index (χ0) is 16.8. The van der Waals surface area contributed by atoms with Crippen LogP contribution in [0.25, 0.3) is 0 Å². The fourth-order valence-corrected chi connectivity index (χ4v) is 3.08. The highest BCUT2D eigenvalue weighted by molar-refractivity contribution is 8.00. The molecule has 0 aliphatic heterocycles. The molecule has 5 heteroatoms. The molecule has 1 amide bonds. The predicted molar refractivity (Wildman–Crippen MR) is 94.5 cm³/mol. The molecular weight excluding hydrogens is 308 g/mol. The molecule has 0 saturated heterocycles. The predicted octanol–water partition coefficient (Wildman–Crippen LogP) is 3.95. The summed E-state index contributed by atoms with van der Waals surface area (Å²) in [7, 11) is 0. The van der Waals surface area contributed by atoms with E-state index in [1.54, 1.807) is 25.1 Å². The van der Waals surface area contributed by atoms with Gasteiger partial charge in [0.2, 0.25) is 5.91 Å². The number of pyridine rings is 1. The number of hydrogen-bond acceptors (Lipinski definition) is 3. The minimum atomic E-state index is -0.359. The summed E-state index contributed by atoms with van der Waals surface area (Å²) in [4.78, 5) is 12.4. The third-order valence-corrected chi connectivity index (χ3v) is 4.94. The van der Waals surface area contributed by atoms with E-state index in [-0.39, 0.29) is 11.2 Å². The van der Waals surface area contributed by atoms with Crippen molar-refractivity contribution in [3.8, 4) is 0 Å². The molecular formula is C18H22N2O2S. The van der Waals surface area contributed by atoms with Gasteiger partial charge in [0, 0.05) is 17.8 Å². The maximum Gasteiger partial charge on any atom is 0.252 e. The number of nitrogens with one attached hydrogen (secondary N) is 1. The van der Waals surface area contributed by atoms with Crippen molar-refractivity contribution in [2.45, 2.75) is 43.4 Å². The van der Waals surface area contributed by atoms with Crippen LogP contribution in [0.2, 0.25) is 0 Å². The number of thioether (sulfide) groups is 1. The lowest BCUT2D eigenvalue weighted by molar-refractivity contribution is -0.645. The molecule has 1 aromatic carbocycles. The van der Waals surface area contributed by atoms with E-state index < -0.39 is 0 Å². The van der Waals surface area contributed by atoms with Gasteiger partial charge in [-0.25, -0.2) is 0 Å². The third kappa shape index (κ3) is 4.48. The van der Waals surface area contributed by atoms with E-state index in [0.29, 0.717) is 10.9 Å². The highest BCUT2D eigenvalue weighted by atomic mass is 32.2. The van der Waals surface area contributed by atoms with E-state index in [2.05, 4.69) is 19.2 Å². The summed E-state index contributed by atoms with van der Waals surface area (Å²) in [5, 5.41) is 14.8. The van der Waals surface area contributed by atoms with Crippen molar-refractivity contribution < 1.29 is 9.52 Å². The van der Waals surface area contributed by atoms with E-state index in [9.17, 15) is 10.0 Å². The molecule has 0 saturated carbocycles. The number of anilines is 1. The number of para-hydroxylation sites is 1. The molecule has 23 heavy (non-hydrogen) atoms. The molecule has 0 unspecified atom stereocenters. The first kappa shape index (κ1) is 17.3. The topological polar surface area (TPSA) is 56.0 Å². The molecule has 1 heterocycles. The lowest BCUT2D eigenvalue weighted by atomic mass is 9.97. The Hall–Kier alpha value is -2.01. The first-order chi connectivity index (χ1) is 11.0. The Kier molecular flexibility index (Phi) is 6.04. The van der Waals surface area contributed by atoms with E-state index in [0.717, 1.165) is 22.4 Å². The normalized spacial score (nSPS) is 13.3. The minimum Gasteiger partial charge on any atom is -0.618 e. The number of rotatable bonds is 6. The second-order valence-corrected chi connectivity index (χ2v) is 6.87. The highest BCUT2D eigenvalue weighted by Gasteiger charge is 2.20. The van der Waals surface area contributed by atoms with Gasteiger partial charge in [0.05, 0.1) is 5.25 Å². The quantitative estimate of drug-likeness (QED) is 0.495. The van der Waals surface area contributed by atoms with Crippen molar-refractivity contribution in [1.82, 2.24) is 0 Å². The van der Waals surface area contributed by atoms with Crippen molar-refractivity contribution in [1.29, 1.82) is 0 Å². The van der Waals surface area contributed by atoms with Gasteiger partial charge < -0.3 is 10.5 Å². The van der Waals surface area contributed by atoms with Crippen LogP contribution in [0.4, 0.5) is 5.69 Å². The Morgan fingerprint density at radius 2 is 1.91 bits per heavy atom. The second-order valence-electron chi connectivity index (χ2n) is 5.51. The SMILES string of the molecule is CC[C@H](C)c1ccccc1NC(=O)[C@H](C)Sc1cccc[n+]1[O-]. The van der Waals surface area contributed by atoms with Gasteiger partial charge in [-0.1, -0.05) is 32.0 Å². The molecule has 0 fully saturated rings. The van der Waals surface area contributed by atoms with Gasteiger partial charge >= 0.3 is 0 Å². The fourth-order valence-electron chi connectivity index (χ4n) is 2.23. The van der Waals surface area contributed by atoms with E-state index in [1.165, 1.54) is 18.0 Å². The van der Waals surface area contributed by atoms with Crippen LogP contribution in [-0.4, -0.2) is 11.2 Å². The van der Waals surface area contributed by atoms with Crippen molar-refractivity contribution in [3.05, 3.63) is 59.4 Å². The Morgan fingerprint density at radius 1 is 1.22 bits per heavy atom. The molecule has 2 rings (SSSR count). The lowest BCUT2D eigenvalue weighted by Gasteiger charge is -2.17. The van der Waals surface area contributed by atoms with Crippen LogP contribution in [0.5, 0.6) is 0 Å². The van der Waals surface area contributed by atoms with Gasteiger partial charge in [-0.3, -0.25) is 4.79 Å². The summed E-state index contributed by atoms with van der Waals surface area (Å²) in [5.41, 5.74) is 1.99. The molecule has 4 nitrogen and oxygen atoms in total. The van der Waals surface area contributed by atoms with Crippen LogP contribution in [0, 0.1) is 5.21 Å². The number of nitrogens with zero attached hydrogens (tertiary/aromatic N) is 1. The number of aromatic nitrogens is 1. The zero-order valence-electron chi connectivity index (χ0n) is 13.7. The lowest BCUT2D eigenvalue weighted by Crippen LogP contribution is -2.30. The van der Waals surface area contributed by atoms with Crippen molar-refractivity contribution in [3.63, 3.8) is 0 Å². The molecule has 2 aromatic rings. The van der Waals surface area contributed by atoms with E-state index >= 15 is 0 Å². The summed E-state index contributed by atoms with van der Waals surface area (Å²) in [6, 6.07) is 13.1. The van der Waals surface area contributed by atoms with Gasteiger partial charge in [-0.05, 0) is 48.7 Å². The Morgan fingerprint density at radius 3 is 2.61 bits per heavy atom. The fraction of sp³-hybridized carbons (Fsp3) is 0.333. The van der Waals surface area contributed by atoms with Gasteiger partial charge in [-0.15, -0.1) is 0 Å². The molecule has 0 aliphatic carbocycles. The largest absolute Gasteiger partial charge is 0.618 e. The number of carbonyl (C=O) groups excluding carboxylic acids is 1. The molecule has 1 aromatic heterocycles. The van der Waals surface area contributed by atoms with Crippen molar-refractivity contribution >= 4 is 23.4 Å². The van der Waals surface area contributed by atoms with E-state index in [4.69, 9.17) is 0 Å². The average Bonchev–Trinajstić information content (AvgIpc) is 2.56. The first-order valence-corrected chi connectivity index (χ1v) is 8.65. The molecule has 0 spiro atoms. The van der Waals surface area contributed by atoms with Gasteiger partial charge in [0.25, 0.3) is 5.03 Å².